The second kappa shape index (κ2) is 9.03. The Morgan fingerprint density at radius 3 is 2.46 bits per heavy atom. The van der Waals surface area contributed by atoms with Crippen LogP contribution >= 0.6 is 11.6 Å². The fraction of sp³-hybridized carbons (Fsp3) is 0.350. The molecular weight excluding hydrogens is 403 g/mol. The van der Waals surface area contributed by atoms with Crippen LogP contribution in [0.5, 0.6) is 0 Å². The molecule has 0 aromatic heterocycles. The molecule has 1 fully saturated rings. The first kappa shape index (κ1) is 20.8. The Morgan fingerprint density at radius 1 is 1.11 bits per heavy atom. The lowest BCUT2D eigenvalue weighted by Gasteiger charge is -2.30. The van der Waals surface area contributed by atoms with E-state index in [1.54, 1.807) is 36.4 Å². The van der Waals surface area contributed by atoms with Crippen molar-refractivity contribution in [1.29, 1.82) is 0 Å². The number of hydrogen-bond donors (Lipinski definition) is 1. The molecule has 1 aliphatic heterocycles. The van der Waals surface area contributed by atoms with Gasteiger partial charge in [-0.25, -0.2) is 17.1 Å². The summed E-state index contributed by atoms with van der Waals surface area (Å²) in [6.45, 7) is 0.867. The average Bonchev–Trinajstić information content (AvgIpc) is 2.66. The maximum absolute atomic E-state index is 13.2. The van der Waals surface area contributed by atoms with E-state index < -0.39 is 10.0 Å². The fourth-order valence-electron chi connectivity index (χ4n) is 3.31. The molecule has 2 aromatic rings. The van der Waals surface area contributed by atoms with Crippen molar-refractivity contribution in [2.24, 2.45) is 5.92 Å². The molecule has 0 radical (unpaired) electrons. The first-order valence-corrected chi connectivity index (χ1v) is 11.1. The van der Waals surface area contributed by atoms with E-state index in [0.29, 0.717) is 42.1 Å². The highest BCUT2D eigenvalue weighted by molar-refractivity contribution is 7.88. The molecule has 3 rings (SSSR count). The highest BCUT2D eigenvalue weighted by Gasteiger charge is 2.31. The van der Waals surface area contributed by atoms with Crippen LogP contribution in [0.4, 0.5) is 4.39 Å². The molecule has 1 aliphatic rings. The third kappa shape index (κ3) is 5.53. The standard InChI is InChI=1S/C20H22ClFN2O3S/c21-18-5-1-4-16(11-18)14-28(26,27)24-9-7-17(8-10-24)20(25)23-13-15-3-2-6-19(22)12-15/h1-6,11-12,17H,7-10,13-14H2,(H,23,25). The smallest absolute Gasteiger partial charge is 0.223 e. The molecular formula is C20H22ClFN2O3S. The first-order valence-electron chi connectivity index (χ1n) is 9.08. The minimum atomic E-state index is -3.46. The molecule has 0 spiro atoms. The molecule has 2 aromatic carbocycles. The van der Waals surface area contributed by atoms with E-state index >= 15 is 0 Å². The molecule has 1 heterocycles. The second-order valence-corrected chi connectivity index (χ2v) is 9.31. The number of carbonyl (C=O) groups is 1. The Labute approximate surface area is 169 Å². The van der Waals surface area contributed by atoms with E-state index in [2.05, 4.69) is 5.32 Å². The van der Waals surface area contributed by atoms with Crippen molar-refractivity contribution in [2.45, 2.75) is 25.1 Å². The number of nitrogens with one attached hydrogen (secondary N) is 1. The van der Waals surface area contributed by atoms with Gasteiger partial charge in [-0.05, 0) is 48.2 Å². The molecule has 1 N–H and O–H groups in total. The highest BCUT2D eigenvalue weighted by atomic mass is 35.5. The Hall–Kier alpha value is -1.96. The lowest BCUT2D eigenvalue weighted by atomic mass is 9.97. The Kier molecular flexibility index (Phi) is 6.69. The van der Waals surface area contributed by atoms with E-state index in [1.807, 2.05) is 0 Å². The van der Waals surface area contributed by atoms with Crippen LogP contribution in [0, 0.1) is 11.7 Å². The summed E-state index contributed by atoms with van der Waals surface area (Å²) in [6, 6.07) is 12.9. The third-order valence-corrected chi connectivity index (χ3v) is 6.90. The summed E-state index contributed by atoms with van der Waals surface area (Å²) in [5.74, 6) is -0.823. The van der Waals surface area contributed by atoms with Crippen molar-refractivity contribution < 1.29 is 17.6 Å². The van der Waals surface area contributed by atoms with Gasteiger partial charge >= 0.3 is 0 Å². The van der Waals surface area contributed by atoms with Gasteiger partial charge in [-0.2, -0.15) is 0 Å². The minimum absolute atomic E-state index is 0.107. The number of sulfonamides is 1. The van der Waals surface area contributed by atoms with Gasteiger partial charge in [0.1, 0.15) is 5.82 Å². The van der Waals surface area contributed by atoms with Gasteiger partial charge in [0.05, 0.1) is 5.75 Å². The molecule has 150 valence electrons. The van der Waals surface area contributed by atoms with E-state index in [9.17, 15) is 17.6 Å². The van der Waals surface area contributed by atoms with Crippen molar-refractivity contribution in [3.63, 3.8) is 0 Å². The number of piperidine rings is 1. The predicted octanol–water partition coefficient (Wildman–Crippen LogP) is 3.34. The van der Waals surface area contributed by atoms with Crippen LogP contribution in [0.1, 0.15) is 24.0 Å². The topological polar surface area (TPSA) is 66.5 Å². The van der Waals surface area contributed by atoms with Gasteiger partial charge in [-0.3, -0.25) is 4.79 Å². The summed E-state index contributed by atoms with van der Waals surface area (Å²) in [5.41, 5.74) is 1.33. The van der Waals surface area contributed by atoms with Crippen LogP contribution in [0.3, 0.4) is 0 Å². The van der Waals surface area contributed by atoms with Gasteiger partial charge in [0.2, 0.25) is 15.9 Å². The number of carbonyl (C=O) groups excluding carboxylic acids is 1. The van der Waals surface area contributed by atoms with Crippen LogP contribution in [0.15, 0.2) is 48.5 Å². The van der Waals surface area contributed by atoms with E-state index in [4.69, 9.17) is 11.6 Å². The molecule has 0 atom stereocenters. The number of nitrogens with zero attached hydrogens (tertiary/aromatic N) is 1. The summed E-state index contributed by atoms with van der Waals surface area (Å²) >= 11 is 5.92. The lowest BCUT2D eigenvalue weighted by Crippen LogP contribution is -2.43. The maximum Gasteiger partial charge on any atom is 0.223 e. The van der Waals surface area contributed by atoms with Crippen molar-refractivity contribution in [2.75, 3.05) is 13.1 Å². The van der Waals surface area contributed by atoms with E-state index in [0.717, 1.165) is 0 Å². The predicted molar refractivity (Wildman–Crippen MR) is 107 cm³/mol. The van der Waals surface area contributed by atoms with Crippen LogP contribution < -0.4 is 5.32 Å². The highest BCUT2D eigenvalue weighted by Crippen LogP contribution is 2.23. The molecule has 0 saturated carbocycles. The monoisotopic (exact) mass is 424 g/mol. The summed E-state index contributed by atoms with van der Waals surface area (Å²) in [5, 5.41) is 3.31. The van der Waals surface area contributed by atoms with Crippen LogP contribution in [0.2, 0.25) is 5.02 Å². The maximum atomic E-state index is 13.2. The van der Waals surface area contributed by atoms with Crippen molar-refractivity contribution in [1.82, 2.24) is 9.62 Å². The number of amides is 1. The number of halogens is 2. The third-order valence-electron chi connectivity index (χ3n) is 4.81. The van der Waals surface area contributed by atoms with E-state index in [1.165, 1.54) is 16.4 Å². The molecule has 1 saturated heterocycles. The summed E-state index contributed by atoms with van der Waals surface area (Å²) < 4.78 is 39.9. The molecule has 28 heavy (non-hydrogen) atoms. The van der Waals surface area contributed by atoms with Gasteiger partial charge in [0, 0.05) is 30.6 Å². The number of rotatable bonds is 6. The quantitative estimate of drug-likeness (QED) is 0.773. The zero-order chi connectivity index (χ0) is 20.1. The van der Waals surface area contributed by atoms with Crippen LogP contribution in [0.25, 0.3) is 0 Å². The van der Waals surface area contributed by atoms with Gasteiger partial charge in [-0.15, -0.1) is 0 Å². The summed E-state index contributed by atoms with van der Waals surface area (Å²) in [4.78, 5) is 12.4. The second-order valence-electron chi connectivity index (χ2n) is 6.91. The van der Waals surface area contributed by atoms with Crippen molar-refractivity contribution in [3.05, 3.63) is 70.5 Å². The Balaban J connectivity index is 1.51. The molecule has 5 nitrogen and oxygen atoms in total. The molecule has 0 unspecified atom stereocenters. The van der Waals surface area contributed by atoms with Crippen molar-refractivity contribution >= 4 is 27.5 Å². The summed E-state index contributed by atoms with van der Waals surface area (Å²) in [7, 11) is -3.46. The molecule has 0 aliphatic carbocycles. The normalized spacial score (nSPS) is 16.1. The Bertz CT molecular complexity index is 944. The fourth-order valence-corrected chi connectivity index (χ4v) is 5.07. The SMILES string of the molecule is O=C(NCc1cccc(F)c1)C1CCN(S(=O)(=O)Cc2cccc(Cl)c2)CC1. The number of benzene rings is 2. The molecule has 8 heteroatoms. The lowest BCUT2D eigenvalue weighted by molar-refractivity contribution is -0.126. The van der Waals surface area contributed by atoms with Crippen molar-refractivity contribution in [3.8, 4) is 0 Å². The van der Waals surface area contributed by atoms with Gasteiger partial charge in [0.25, 0.3) is 0 Å². The number of hydrogen-bond acceptors (Lipinski definition) is 3. The van der Waals surface area contributed by atoms with Gasteiger partial charge < -0.3 is 5.32 Å². The zero-order valence-corrected chi connectivity index (χ0v) is 16.8. The van der Waals surface area contributed by atoms with Crippen LogP contribution in [-0.4, -0.2) is 31.7 Å². The Morgan fingerprint density at radius 2 is 1.79 bits per heavy atom. The summed E-state index contributed by atoms with van der Waals surface area (Å²) in [6.07, 6.45) is 0.924. The van der Waals surface area contributed by atoms with Crippen LogP contribution in [-0.2, 0) is 27.1 Å². The minimum Gasteiger partial charge on any atom is -0.352 e. The molecule has 0 bridgehead atoms. The van der Waals surface area contributed by atoms with Gasteiger partial charge in [-0.1, -0.05) is 35.9 Å². The average molecular weight is 425 g/mol. The largest absolute Gasteiger partial charge is 0.352 e. The van der Waals surface area contributed by atoms with E-state index in [-0.39, 0.29) is 29.9 Å². The van der Waals surface area contributed by atoms with Gasteiger partial charge in [0.15, 0.2) is 0 Å². The first-order chi connectivity index (χ1) is 13.3. The zero-order valence-electron chi connectivity index (χ0n) is 15.3. The molecule has 1 amide bonds.